The first-order valence-corrected chi connectivity index (χ1v) is 5.99. The first-order valence-electron chi connectivity index (χ1n) is 5.11. The van der Waals surface area contributed by atoms with Crippen LogP contribution in [0.25, 0.3) is 21.3 Å². The van der Waals surface area contributed by atoms with Crippen molar-refractivity contribution in [1.29, 1.82) is 0 Å². The van der Waals surface area contributed by atoms with Crippen molar-refractivity contribution in [3.63, 3.8) is 0 Å². The normalized spacial score (nSPS) is 11.9. The van der Waals surface area contributed by atoms with E-state index in [2.05, 4.69) is 47.7 Å². The smallest absolute Gasteiger partial charge is 0.152 e. The number of rotatable bonds is 1. The number of hydrogen-bond donors (Lipinski definition) is 0. The summed E-state index contributed by atoms with van der Waals surface area (Å²) in [5.41, 5.74) is 4.34. The third-order valence-corrected chi connectivity index (χ3v) is 3.55. The van der Waals surface area contributed by atoms with Gasteiger partial charge >= 0.3 is 0 Å². The summed E-state index contributed by atoms with van der Waals surface area (Å²) in [4.78, 5) is 4.46. The Bertz CT molecular complexity index is 619. The van der Waals surface area contributed by atoms with Gasteiger partial charge in [-0.15, -0.1) is 11.3 Å². The summed E-state index contributed by atoms with van der Waals surface area (Å²) in [5.74, 6) is 0. The van der Waals surface area contributed by atoms with Gasteiger partial charge in [0.15, 0.2) is 5.65 Å². The Morgan fingerprint density at radius 1 is 1.27 bits per heavy atom. The fourth-order valence-electron chi connectivity index (χ4n) is 2.11. The van der Waals surface area contributed by atoms with Gasteiger partial charge in [-0.3, -0.25) is 0 Å². The molecular weight excluding hydrogens is 204 g/mol. The lowest BCUT2D eigenvalue weighted by molar-refractivity contribution is 0.638. The van der Waals surface area contributed by atoms with Gasteiger partial charge in [-0.25, -0.2) is 4.98 Å². The van der Waals surface area contributed by atoms with E-state index in [4.69, 9.17) is 0 Å². The Morgan fingerprint density at radius 3 is 2.87 bits per heavy atom. The highest BCUT2D eigenvalue weighted by atomic mass is 32.1. The van der Waals surface area contributed by atoms with Crippen LogP contribution in [-0.2, 0) is 0 Å². The van der Waals surface area contributed by atoms with Gasteiger partial charge in [-0.2, -0.15) is 0 Å². The molecule has 15 heavy (non-hydrogen) atoms. The lowest BCUT2D eigenvalue weighted by atomic mass is 10.2. The first-order chi connectivity index (χ1) is 7.29. The molecule has 0 bridgehead atoms. The van der Waals surface area contributed by atoms with Crippen LogP contribution in [0, 0.1) is 0 Å². The molecule has 1 aromatic carbocycles. The number of aromatic nitrogens is 2. The molecule has 0 unspecified atom stereocenters. The van der Waals surface area contributed by atoms with Crippen molar-refractivity contribution < 1.29 is 0 Å². The number of benzene rings is 1. The maximum atomic E-state index is 4.46. The van der Waals surface area contributed by atoms with Gasteiger partial charge in [-0.05, 0) is 19.9 Å². The molecule has 3 rings (SSSR count). The first kappa shape index (κ1) is 8.92. The number of nitrogens with zero attached hydrogens (tertiary/aromatic N) is 2. The Morgan fingerprint density at radius 2 is 2.07 bits per heavy atom. The zero-order chi connectivity index (χ0) is 10.4. The van der Waals surface area contributed by atoms with Crippen LogP contribution < -0.4 is 0 Å². The van der Waals surface area contributed by atoms with E-state index in [0.29, 0.717) is 6.04 Å². The molecule has 0 saturated heterocycles. The largest absolute Gasteiger partial charge is 0.322 e. The van der Waals surface area contributed by atoms with Crippen molar-refractivity contribution in [3.8, 4) is 0 Å². The van der Waals surface area contributed by atoms with Crippen LogP contribution in [0.15, 0.2) is 29.8 Å². The zero-order valence-corrected chi connectivity index (χ0v) is 9.58. The van der Waals surface area contributed by atoms with Crippen LogP contribution in [0.3, 0.4) is 0 Å². The molecule has 3 aromatic rings. The molecule has 0 aliphatic carbocycles. The van der Waals surface area contributed by atoms with Crippen molar-refractivity contribution in [2.45, 2.75) is 19.9 Å². The van der Waals surface area contributed by atoms with Crippen LogP contribution in [-0.4, -0.2) is 9.55 Å². The van der Waals surface area contributed by atoms with Crippen LogP contribution in [0.1, 0.15) is 19.9 Å². The minimum atomic E-state index is 0.453. The van der Waals surface area contributed by atoms with E-state index in [1.54, 1.807) is 11.3 Å². The van der Waals surface area contributed by atoms with Gasteiger partial charge < -0.3 is 4.57 Å². The lowest BCUT2D eigenvalue weighted by Gasteiger charge is -2.09. The zero-order valence-electron chi connectivity index (χ0n) is 8.77. The highest BCUT2D eigenvalue weighted by molar-refractivity contribution is 7.17. The van der Waals surface area contributed by atoms with E-state index in [0.717, 1.165) is 5.65 Å². The number of thiazole rings is 1. The molecular formula is C12H12N2S. The number of para-hydroxylation sites is 1. The van der Waals surface area contributed by atoms with Crippen LogP contribution >= 0.6 is 11.3 Å². The molecule has 2 heterocycles. The topological polar surface area (TPSA) is 17.8 Å². The average molecular weight is 216 g/mol. The summed E-state index contributed by atoms with van der Waals surface area (Å²) in [6.07, 6.45) is 0. The molecule has 2 nitrogen and oxygen atoms in total. The molecule has 0 amide bonds. The second-order valence-corrected chi connectivity index (χ2v) is 4.84. The Kier molecular flexibility index (Phi) is 1.83. The standard InChI is InChI=1S/C12H12N2S/c1-8(2)14-10-6-4-3-5-9(10)11-12(14)13-7-15-11/h3-8H,1-2H3. The summed E-state index contributed by atoms with van der Waals surface area (Å²) in [7, 11) is 0. The van der Waals surface area contributed by atoms with Crippen molar-refractivity contribution in [1.82, 2.24) is 9.55 Å². The molecule has 0 N–H and O–H groups in total. The fraction of sp³-hybridized carbons (Fsp3) is 0.250. The SMILES string of the molecule is CC(C)n1c2ccccc2c2scnc21. The van der Waals surface area contributed by atoms with Crippen LogP contribution in [0.4, 0.5) is 0 Å². The lowest BCUT2D eigenvalue weighted by Crippen LogP contribution is -1.99. The summed E-state index contributed by atoms with van der Waals surface area (Å²) in [6, 6.07) is 8.98. The van der Waals surface area contributed by atoms with Crippen molar-refractivity contribution in [2.24, 2.45) is 0 Å². The maximum Gasteiger partial charge on any atom is 0.152 e. The van der Waals surface area contributed by atoms with Gasteiger partial charge in [0.1, 0.15) is 0 Å². The quantitative estimate of drug-likeness (QED) is 0.604. The Hall–Kier alpha value is -1.35. The molecule has 0 saturated carbocycles. The molecule has 0 aliphatic heterocycles. The molecule has 0 atom stereocenters. The van der Waals surface area contributed by atoms with Crippen molar-refractivity contribution >= 4 is 32.6 Å². The minimum Gasteiger partial charge on any atom is -0.322 e. The van der Waals surface area contributed by atoms with E-state index < -0.39 is 0 Å². The summed E-state index contributed by atoms with van der Waals surface area (Å²) >= 11 is 1.72. The van der Waals surface area contributed by atoms with Gasteiger partial charge in [-0.1, -0.05) is 18.2 Å². The molecule has 0 fully saturated rings. The molecule has 0 aliphatic rings. The van der Waals surface area contributed by atoms with Crippen LogP contribution in [0.2, 0.25) is 0 Å². The van der Waals surface area contributed by atoms with Gasteiger partial charge in [0.05, 0.1) is 15.7 Å². The van der Waals surface area contributed by atoms with E-state index in [-0.39, 0.29) is 0 Å². The van der Waals surface area contributed by atoms with Gasteiger partial charge in [0.2, 0.25) is 0 Å². The van der Waals surface area contributed by atoms with Crippen molar-refractivity contribution in [3.05, 3.63) is 29.8 Å². The third kappa shape index (κ3) is 1.13. The number of hydrogen-bond acceptors (Lipinski definition) is 2. The van der Waals surface area contributed by atoms with Gasteiger partial charge in [0.25, 0.3) is 0 Å². The van der Waals surface area contributed by atoms with E-state index in [1.807, 2.05) is 5.51 Å². The van der Waals surface area contributed by atoms with E-state index in [9.17, 15) is 0 Å². The molecule has 2 aromatic heterocycles. The highest BCUT2D eigenvalue weighted by Crippen LogP contribution is 2.33. The van der Waals surface area contributed by atoms with Crippen molar-refractivity contribution in [2.75, 3.05) is 0 Å². The Labute approximate surface area is 92.2 Å². The average Bonchev–Trinajstić information content (AvgIpc) is 2.75. The molecule has 3 heteroatoms. The minimum absolute atomic E-state index is 0.453. The fourth-order valence-corrected chi connectivity index (χ4v) is 2.92. The predicted octanol–water partition coefficient (Wildman–Crippen LogP) is 3.83. The van der Waals surface area contributed by atoms with Gasteiger partial charge in [0, 0.05) is 11.4 Å². The second-order valence-electron chi connectivity index (χ2n) is 3.99. The van der Waals surface area contributed by atoms with E-state index >= 15 is 0 Å². The Balaban J connectivity index is 2.58. The number of fused-ring (bicyclic) bond motifs is 3. The monoisotopic (exact) mass is 216 g/mol. The molecule has 0 radical (unpaired) electrons. The molecule has 0 spiro atoms. The summed E-state index contributed by atoms with van der Waals surface area (Å²) in [5, 5.41) is 1.32. The second kappa shape index (κ2) is 3.07. The highest BCUT2D eigenvalue weighted by Gasteiger charge is 2.13. The van der Waals surface area contributed by atoms with E-state index in [1.165, 1.54) is 15.6 Å². The maximum absolute atomic E-state index is 4.46. The molecule has 76 valence electrons. The predicted molar refractivity (Wildman–Crippen MR) is 65.5 cm³/mol. The third-order valence-electron chi connectivity index (χ3n) is 2.70. The summed E-state index contributed by atoms with van der Waals surface area (Å²) in [6.45, 7) is 4.40. The van der Waals surface area contributed by atoms with Crippen LogP contribution in [0.5, 0.6) is 0 Å². The summed E-state index contributed by atoms with van der Waals surface area (Å²) < 4.78 is 3.61.